The monoisotopic (exact) mass is 412 g/mol. The van der Waals surface area contributed by atoms with Crippen LogP contribution in [0, 0.1) is 0 Å². The average Bonchev–Trinajstić information content (AvgIpc) is 2.82. The summed E-state index contributed by atoms with van der Waals surface area (Å²) in [4.78, 5) is 0. The SMILES string of the molecule is OC(Cc1ccc(Oc2ccccc2)cc1)C(O)c1ccc(Oc2ccccc2)cc1. The molecule has 0 fully saturated rings. The molecule has 2 unspecified atom stereocenters. The normalized spacial score (nSPS) is 12.7. The van der Waals surface area contributed by atoms with E-state index in [4.69, 9.17) is 9.47 Å². The fraction of sp³-hybridized carbons (Fsp3) is 0.111. The van der Waals surface area contributed by atoms with Gasteiger partial charge in [-0.25, -0.2) is 0 Å². The van der Waals surface area contributed by atoms with E-state index in [1.165, 1.54) is 0 Å². The first kappa shape index (κ1) is 20.7. The van der Waals surface area contributed by atoms with Gasteiger partial charge in [0.2, 0.25) is 0 Å². The number of para-hydroxylation sites is 2. The highest BCUT2D eigenvalue weighted by atomic mass is 16.5. The molecule has 0 amide bonds. The minimum atomic E-state index is -0.994. The predicted octanol–water partition coefficient (Wildman–Crippen LogP) is 5.91. The van der Waals surface area contributed by atoms with Crippen molar-refractivity contribution < 1.29 is 19.7 Å². The second-order valence-electron chi connectivity index (χ2n) is 7.26. The zero-order valence-corrected chi connectivity index (χ0v) is 17.0. The molecule has 0 radical (unpaired) electrons. The van der Waals surface area contributed by atoms with Crippen molar-refractivity contribution in [2.45, 2.75) is 18.6 Å². The van der Waals surface area contributed by atoms with Crippen LogP contribution in [0.2, 0.25) is 0 Å². The molecule has 156 valence electrons. The molecule has 0 saturated carbocycles. The summed E-state index contributed by atoms with van der Waals surface area (Å²) in [6, 6.07) is 33.7. The molecule has 0 aliphatic rings. The molecule has 2 N–H and O–H groups in total. The summed E-state index contributed by atoms with van der Waals surface area (Å²) >= 11 is 0. The lowest BCUT2D eigenvalue weighted by Gasteiger charge is -2.19. The summed E-state index contributed by atoms with van der Waals surface area (Å²) in [6.45, 7) is 0. The van der Waals surface area contributed by atoms with E-state index >= 15 is 0 Å². The van der Waals surface area contributed by atoms with Gasteiger partial charge in [0.15, 0.2) is 0 Å². The highest BCUT2D eigenvalue weighted by Crippen LogP contribution is 2.26. The lowest BCUT2D eigenvalue weighted by atomic mass is 9.98. The van der Waals surface area contributed by atoms with Gasteiger partial charge in [0.25, 0.3) is 0 Å². The van der Waals surface area contributed by atoms with Crippen molar-refractivity contribution in [3.8, 4) is 23.0 Å². The summed E-state index contributed by atoms with van der Waals surface area (Å²) < 4.78 is 11.6. The largest absolute Gasteiger partial charge is 0.457 e. The molecule has 4 heteroatoms. The van der Waals surface area contributed by atoms with Crippen LogP contribution in [0.4, 0.5) is 0 Å². The first-order chi connectivity index (χ1) is 15.2. The number of rotatable bonds is 8. The van der Waals surface area contributed by atoms with Gasteiger partial charge < -0.3 is 19.7 Å². The number of benzene rings is 4. The second kappa shape index (κ2) is 9.94. The van der Waals surface area contributed by atoms with Gasteiger partial charge in [0.1, 0.15) is 29.1 Å². The Balaban J connectivity index is 1.34. The van der Waals surface area contributed by atoms with Crippen molar-refractivity contribution in [3.05, 3.63) is 120 Å². The van der Waals surface area contributed by atoms with E-state index in [0.717, 1.165) is 22.8 Å². The van der Waals surface area contributed by atoms with Crippen molar-refractivity contribution in [2.24, 2.45) is 0 Å². The maximum atomic E-state index is 10.6. The molecule has 0 saturated heterocycles. The lowest BCUT2D eigenvalue weighted by Crippen LogP contribution is -2.20. The molecule has 2 atom stereocenters. The van der Waals surface area contributed by atoms with Crippen LogP contribution in [0.1, 0.15) is 17.2 Å². The van der Waals surface area contributed by atoms with Crippen molar-refractivity contribution >= 4 is 0 Å². The fourth-order valence-corrected chi connectivity index (χ4v) is 3.25. The predicted molar refractivity (Wildman–Crippen MR) is 121 cm³/mol. The summed E-state index contributed by atoms with van der Waals surface area (Å²) in [7, 11) is 0. The van der Waals surface area contributed by atoms with E-state index in [2.05, 4.69) is 0 Å². The third-order valence-corrected chi connectivity index (χ3v) is 4.91. The molecule has 0 heterocycles. The number of hydrogen-bond acceptors (Lipinski definition) is 4. The van der Waals surface area contributed by atoms with E-state index < -0.39 is 12.2 Å². The minimum Gasteiger partial charge on any atom is -0.457 e. The topological polar surface area (TPSA) is 58.9 Å². The van der Waals surface area contributed by atoms with Crippen LogP contribution in [0.25, 0.3) is 0 Å². The van der Waals surface area contributed by atoms with Gasteiger partial charge in [-0.2, -0.15) is 0 Å². The second-order valence-corrected chi connectivity index (χ2v) is 7.26. The Kier molecular flexibility index (Phi) is 6.62. The molecule has 0 aromatic heterocycles. The van der Waals surface area contributed by atoms with E-state index in [1.807, 2.05) is 84.9 Å². The Morgan fingerprint density at radius 3 is 1.42 bits per heavy atom. The lowest BCUT2D eigenvalue weighted by molar-refractivity contribution is 0.0189. The Bertz CT molecular complexity index is 1060. The van der Waals surface area contributed by atoms with Crippen molar-refractivity contribution in [3.63, 3.8) is 0 Å². The van der Waals surface area contributed by atoms with E-state index in [0.29, 0.717) is 17.7 Å². The molecule has 0 aliphatic heterocycles. The summed E-state index contributed by atoms with van der Waals surface area (Å²) in [5.41, 5.74) is 1.55. The fourth-order valence-electron chi connectivity index (χ4n) is 3.25. The van der Waals surface area contributed by atoms with Crippen LogP contribution in [-0.4, -0.2) is 16.3 Å². The zero-order chi connectivity index (χ0) is 21.5. The molecule has 0 bridgehead atoms. The summed E-state index contributed by atoms with van der Waals surface area (Å²) in [6.07, 6.45) is -1.59. The van der Waals surface area contributed by atoms with Gasteiger partial charge in [-0.1, -0.05) is 60.7 Å². The Morgan fingerprint density at radius 2 is 0.935 bits per heavy atom. The summed E-state index contributed by atoms with van der Waals surface area (Å²) in [5, 5.41) is 21.1. The van der Waals surface area contributed by atoms with E-state index in [9.17, 15) is 10.2 Å². The maximum Gasteiger partial charge on any atom is 0.127 e. The minimum absolute atomic E-state index is 0.328. The van der Waals surface area contributed by atoms with Crippen LogP contribution in [-0.2, 0) is 6.42 Å². The van der Waals surface area contributed by atoms with E-state index in [-0.39, 0.29) is 0 Å². The van der Waals surface area contributed by atoms with Gasteiger partial charge in [-0.3, -0.25) is 0 Å². The number of aliphatic hydroxyl groups excluding tert-OH is 2. The molecular formula is C27H24O4. The van der Waals surface area contributed by atoms with Gasteiger partial charge >= 0.3 is 0 Å². The molecule has 4 aromatic carbocycles. The summed E-state index contributed by atoms with van der Waals surface area (Å²) in [5.74, 6) is 2.91. The number of aliphatic hydroxyl groups is 2. The first-order valence-corrected chi connectivity index (χ1v) is 10.2. The van der Waals surface area contributed by atoms with Crippen molar-refractivity contribution in [2.75, 3.05) is 0 Å². The number of hydrogen-bond donors (Lipinski definition) is 2. The van der Waals surface area contributed by atoms with Gasteiger partial charge in [0, 0.05) is 6.42 Å². The maximum absolute atomic E-state index is 10.6. The van der Waals surface area contributed by atoms with Crippen LogP contribution in [0.15, 0.2) is 109 Å². The number of ether oxygens (including phenoxy) is 2. The highest BCUT2D eigenvalue weighted by Gasteiger charge is 2.19. The smallest absolute Gasteiger partial charge is 0.127 e. The Morgan fingerprint density at radius 1 is 0.516 bits per heavy atom. The van der Waals surface area contributed by atoms with Crippen LogP contribution < -0.4 is 9.47 Å². The molecule has 0 aliphatic carbocycles. The Hall–Kier alpha value is -3.60. The van der Waals surface area contributed by atoms with E-state index in [1.54, 1.807) is 24.3 Å². The third kappa shape index (κ3) is 5.72. The molecule has 0 spiro atoms. The highest BCUT2D eigenvalue weighted by molar-refractivity contribution is 5.35. The van der Waals surface area contributed by atoms with Crippen molar-refractivity contribution in [1.82, 2.24) is 0 Å². The molecule has 4 aromatic rings. The zero-order valence-electron chi connectivity index (χ0n) is 17.0. The quantitative estimate of drug-likeness (QED) is 0.378. The standard InChI is InChI=1S/C27H24O4/c28-26(19-20-11-15-24(16-12-20)30-22-7-3-1-4-8-22)27(29)21-13-17-25(18-14-21)31-23-9-5-2-6-10-23/h1-18,26-29H,19H2. The molecule has 31 heavy (non-hydrogen) atoms. The molecule has 4 rings (SSSR count). The molecular weight excluding hydrogens is 388 g/mol. The average molecular weight is 412 g/mol. The third-order valence-electron chi connectivity index (χ3n) is 4.91. The van der Waals surface area contributed by atoms with Crippen LogP contribution in [0.5, 0.6) is 23.0 Å². The van der Waals surface area contributed by atoms with Gasteiger partial charge in [-0.15, -0.1) is 0 Å². The van der Waals surface area contributed by atoms with Gasteiger partial charge in [-0.05, 0) is 59.7 Å². The van der Waals surface area contributed by atoms with Crippen LogP contribution in [0.3, 0.4) is 0 Å². The van der Waals surface area contributed by atoms with Crippen LogP contribution >= 0.6 is 0 Å². The first-order valence-electron chi connectivity index (χ1n) is 10.2. The van der Waals surface area contributed by atoms with Crippen molar-refractivity contribution in [1.29, 1.82) is 0 Å². The molecule has 4 nitrogen and oxygen atoms in total. The van der Waals surface area contributed by atoms with Gasteiger partial charge in [0.05, 0.1) is 6.10 Å². The Labute approximate surface area is 182 Å².